The molecule has 0 heterocycles. The number of amides is 1. The molecule has 4 heteroatoms. The second-order valence-corrected chi connectivity index (χ2v) is 4.64. The molecular weight excluding hydrogens is 305 g/mol. The summed E-state index contributed by atoms with van der Waals surface area (Å²) < 4.78 is 1.04. The summed E-state index contributed by atoms with van der Waals surface area (Å²) in [6, 6.07) is 7.41. The van der Waals surface area contributed by atoms with E-state index >= 15 is 0 Å². The topological polar surface area (TPSA) is 49.3 Å². The first-order chi connectivity index (χ1) is 7.13. The highest BCUT2D eigenvalue weighted by Gasteiger charge is 2.08. The summed E-state index contributed by atoms with van der Waals surface area (Å²) in [6.45, 7) is 1.97. The predicted molar refractivity (Wildman–Crippen MR) is 67.8 cm³/mol. The highest BCUT2D eigenvalue weighted by molar-refractivity contribution is 14.1. The van der Waals surface area contributed by atoms with E-state index in [1.54, 1.807) is 6.07 Å². The monoisotopic (exact) mass is 319 g/mol. The minimum atomic E-state index is -0.0885. The Kier molecular flexibility index (Phi) is 5.04. The summed E-state index contributed by atoms with van der Waals surface area (Å²) in [4.78, 5) is 11.7. The van der Waals surface area contributed by atoms with E-state index in [0.717, 1.165) is 3.57 Å². The van der Waals surface area contributed by atoms with Crippen LogP contribution >= 0.6 is 22.6 Å². The summed E-state index contributed by atoms with van der Waals surface area (Å²) in [5.41, 5.74) is 0.659. The van der Waals surface area contributed by atoms with Crippen LogP contribution in [0.4, 0.5) is 0 Å². The van der Waals surface area contributed by atoms with Gasteiger partial charge in [0.05, 0.1) is 0 Å². The first-order valence-electron chi connectivity index (χ1n) is 4.80. The SMILES string of the molecule is CC(CCO)NC(=O)c1cccc(I)c1. The predicted octanol–water partition coefficient (Wildman–Crippen LogP) is 1.79. The van der Waals surface area contributed by atoms with E-state index in [1.807, 2.05) is 25.1 Å². The smallest absolute Gasteiger partial charge is 0.251 e. The second kappa shape index (κ2) is 6.07. The van der Waals surface area contributed by atoms with Gasteiger partial charge in [-0.1, -0.05) is 6.07 Å². The summed E-state index contributed by atoms with van der Waals surface area (Å²) in [5.74, 6) is -0.0885. The summed E-state index contributed by atoms with van der Waals surface area (Å²) in [6.07, 6.45) is 0.579. The van der Waals surface area contributed by atoms with Gasteiger partial charge in [-0.2, -0.15) is 0 Å². The maximum atomic E-state index is 11.7. The Morgan fingerprint density at radius 3 is 2.93 bits per heavy atom. The molecule has 0 saturated carbocycles. The van der Waals surface area contributed by atoms with Crippen molar-refractivity contribution in [1.29, 1.82) is 0 Å². The minimum Gasteiger partial charge on any atom is -0.396 e. The van der Waals surface area contributed by atoms with E-state index in [-0.39, 0.29) is 18.6 Å². The van der Waals surface area contributed by atoms with Crippen molar-refractivity contribution < 1.29 is 9.90 Å². The first-order valence-corrected chi connectivity index (χ1v) is 5.88. The van der Waals surface area contributed by atoms with Gasteiger partial charge in [-0.05, 0) is 54.1 Å². The fourth-order valence-electron chi connectivity index (χ4n) is 1.20. The zero-order chi connectivity index (χ0) is 11.3. The van der Waals surface area contributed by atoms with E-state index in [4.69, 9.17) is 5.11 Å². The van der Waals surface area contributed by atoms with Crippen LogP contribution in [0.25, 0.3) is 0 Å². The Hall–Kier alpha value is -0.620. The van der Waals surface area contributed by atoms with Crippen LogP contribution in [-0.2, 0) is 0 Å². The molecule has 1 atom stereocenters. The van der Waals surface area contributed by atoms with Gasteiger partial charge in [-0.25, -0.2) is 0 Å². The molecule has 0 aliphatic heterocycles. The van der Waals surface area contributed by atoms with Gasteiger partial charge in [0.1, 0.15) is 0 Å². The molecule has 3 nitrogen and oxygen atoms in total. The Bertz CT molecular complexity index is 341. The van der Waals surface area contributed by atoms with Crippen LogP contribution in [0, 0.1) is 3.57 Å². The lowest BCUT2D eigenvalue weighted by Crippen LogP contribution is -2.33. The normalized spacial score (nSPS) is 12.2. The molecule has 0 fully saturated rings. The minimum absolute atomic E-state index is 0.000340. The maximum Gasteiger partial charge on any atom is 0.251 e. The molecule has 0 aliphatic carbocycles. The van der Waals surface area contributed by atoms with Crippen molar-refractivity contribution in [3.05, 3.63) is 33.4 Å². The maximum absolute atomic E-state index is 11.7. The largest absolute Gasteiger partial charge is 0.396 e. The van der Waals surface area contributed by atoms with Crippen molar-refractivity contribution in [2.75, 3.05) is 6.61 Å². The van der Waals surface area contributed by atoms with Gasteiger partial charge in [-0.3, -0.25) is 4.79 Å². The van der Waals surface area contributed by atoms with E-state index < -0.39 is 0 Å². The van der Waals surface area contributed by atoms with Crippen molar-refractivity contribution in [2.45, 2.75) is 19.4 Å². The number of benzene rings is 1. The molecule has 82 valence electrons. The summed E-state index contributed by atoms with van der Waals surface area (Å²) in [5, 5.41) is 11.5. The lowest BCUT2D eigenvalue weighted by molar-refractivity contribution is 0.0934. The van der Waals surface area contributed by atoms with E-state index in [0.29, 0.717) is 12.0 Å². The number of carbonyl (C=O) groups excluding carboxylic acids is 1. The molecular formula is C11H14INO2. The summed E-state index contributed by atoms with van der Waals surface area (Å²) >= 11 is 2.17. The van der Waals surface area contributed by atoms with Crippen LogP contribution in [0.15, 0.2) is 24.3 Å². The quantitative estimate of drug-likeness (QED) is 0.832. The van der Waals surface area contributed by atoms with Crippen LogP contribution in [0.2, 0.25) is 0 Å². The van der Waals surface area contributed by atoms with Gasteiger partial charge in [0.2, 0.25) is 0 Å². The van der Waals surface area contributed by atoms with Crippen LogP contribution in [0.3, 0.4) is 0 Å². The number of rotatable bonds is 4. The molecule has 1 aromatic carbocycles. The Balaban J connectivity index is 2.61. The van der Waals surface area contributed by atoms with Gasteiger partial charge in [0, 0.05) is 21.8 Å². The van der Waals surface area contributed by atoms with Crippen LogP contribution in [-0.4, -0.2) is 23.7 Å². The van der Waals surface area contributed by atoms with Gasteiger partial charge in [-0.15, -0.1) is 0 Å². The second-order valence-electron chi connectivity index (χ2n) is 3.40. The number of hydrogen-bond acceptors (Lipinski definition) is 2. The molecule has 1 unspecified atom stereocenters. The zero-order valence-corrected chi connectivity index (χ0v) is 10.7. The molecule has 0 aromatic heterocycles. The average molecular weight is 319 g/mol. The standard InChI is InChI=1S/C11H14INO2/c1-8(5-6-14)13-11(15)9-3-2-4-10(12)7-9/h2-4,7-8,14H,5-6H2,1H3,(H,13,15). The Morgan fingerprint density at radius 2 is 2.33 bits per heavy atom. The van der Waals surface area contributed by atoms with Crippen molar-refractivity contribution in [1.82, 2.24) is 5.32 Å². The van der Waals surface area contributed by atoms with Crippen molar-refractivity contribution in [3.63, 3.8) is 0 Å². The van der Waals surface area contributed by atoms with E-state index in [1.165, 1.54) is 0 Å². The highest BCUT2D eigenvalue weighted by Crippen LogP contribution is 2.08. The number of aliphatic hydroxyl groups excluding tert-OH is 1. The fraction of sp³-hybridized carbons (Fsp3) is 0.364. The molecule has 1 aromatic rings. The van der Waals surface area contributed by atoms with Crippen LogP contribution in [0.1, 0.15) is 23.7 Å². The molecule has 2 N–H and O–H groups in total. The molecule has 1 amide bonds. The van der Waals surface area contributed by atoms with Gasteiger partial charge < -0.3 is 10.4 Å². The number of halogens is 1. The van der Waals surface area contributed by atoms with Gasteiger partial charge in [0.15, 0.2) is 0 Å². The Labute approximate surface area is 103 Å². The Morgan fingerprint density at radius 1 is 1.60 bits per heavy atom. The third-order valence-electron chi connectivity index (χ3n) is 2.03. The lowest BCUT2D eigenvalue weighted by atomic mass is 10.2. The molecule has 0 aliphatic rings. The van der Waals surface area contributed by atoms with Crippen molar-refractivity contribution in [3.8, 4) is 0 Å². The molecule has 1 rings (SSSR count). The van der Waals surface area contributed by atoms with Gasteiger partial charge >= 0.3 is 0 Å². The molecule has 15 heavy (non-hydrogen) atoms. The highest BCUT2D eigenvalue weighted by atomic mass is 127. The van der Waals surface area contributed by atoms with Gasteiger partial charge in [0.25, 0.3) is 5.91 Å². The molecule has 0 spiro atoms. The third kappa shape index (κ3) is 4.17. The van der Waals surface area contributed by atoms with E-state index in [2.05, 4.69) is 27.9 Å². The number of aliphatic hydroxyl groups is 1. The van der Waals surface area contributed by atoms with Crippen molar-refractivity contribution in [2.24, 2.45) is 0 Å². The first kappa shape index (κ1) is 12.4. The molecule has 0 saturated heterocycles. The molecule has 0 radical (unpaired) electrons. The number of nitrogens with one attached hydrogen (secondary N) is 1. The van der Waals surface area contributed by atoms with Crippen LogP contribution < -0.4 is 5.32 Å². The lowest BCUT2D eigenvalue weighted by Gasteiger charge is -2.12. The number of carbonyl (C=O) groups is 1. The van der Waals surface area contributed by atoms with E-state index in [9.17, 15) is 4.79 Å². The zero-order valence-electron chi connectivity index (χ0n) is 8.53. The molecule has 0 bridgehead atoms. The average Bonchev–Trinajstić information content (AvgIpc) is 2.18. The fourth-order valence-corrected chi connectivity index (χ4v) is 1.75. The number of hydrogen-bond donors (Lipinski definition) is 2. The summed E-state index contributed by atoms with van der Waals surface area (Å²) in [7, 11) is 0. The van der Waals surface area contributed by atoms with Crippen molar-refractivity contribution >= 4 is 28.5 Å². The third-order valence-corrected chi connectivity index (χ3v) is 2.70. The van der Waals surface area contributed by atoms with Crippen LogP contribution in [0.5, 0.6) is 0 Å².